The van der Waals surface area contributed by atoms with Crippen molar-refractivity contribution in [3.63, 3.8) is 0 Å². The average molecular weight is 506 g/mol. The van der Waals surface area contributed by atoms with Crippen molar-refractivity contribution in [3.8, 4) is 0 Å². The molecule has 31 heavy (non-hydrogen) atoms. The van der Waals surface area contributed by atoms with Crippen LogP contribution in [-0.2, 0) is 19.6 Å². The van der Waals surface area contributed by atoms with Gasteiger partial charge in [-0.2, -0.15) is 4.31 Å². The van der Waals surface area contributed by atoms with Crippen LogP contribution < -0.4 is 10.6 Å². The van der Waals surface area contributed by atoms with Crippen molar-refractivity contribution >= 4 is 67.2 Å². The summed E-state index contributed by atoms with van der Waals surface area (Å²) in [6.07, 6.45) is -0.0561. The first kappa shape index (κ1) is 23.7. The molecule has 0 saturated carbocycles. The fraction of sp³-hybridized carbons (Fsp3) is 0.389. The molecule has 0 bridgehead atoms. The second-order valence-corrected chi connectivity index (χ2v) is 11.8. The van der Waals surface area contributed by atoms with Crippen LogP contribution in [0.3, 0.4) is 0 Å². The first-order valence-corrected chi connectivity index (χ1v) is 12.6. The summed E-state index contributed by atoms with van der Waals surface area (Å²) in [7, 11) is -2.75. The number of anilines is 1. The van der Waals surface area contributed by atoms with Gasteiger partial charge in [-0.05, 0) is 44.4 Å². The van der Waals surface area contributed by atoms with Crippen LogP contribution in [0.2, 0.25) is 4.34 Å². The van der Waals surface area contributed by atoms with Gasteiger partial charge in [-0.1, -0.05) is 11.6 Å². The van der Waals surface area contributed by atoms with E-state index in [4.69, 9.17) is 11.6 Å². The minimum atomic E-state index is -3.88. The quantitative estimate of drug-likeness (QED) is 0.642. The molecular formula is C18H20ClN3O6S3. The number of thiophene rings is 2. The lowest BCUT2D eigenvalue weighted by Gasteiger charge is -2.22. The highest BCUT2D eigenvalue weighted by molar-refractivity contribution is 7.91. The van der Waals surface area contributed by atoms with Crippen LogP contribution in [-0.4, -0.2) is 50.3 Å². The van der Waals surface area contributed by atoms with Gasteiger partial charge in [-0.25, -0.2) is 13.2 Å². The van der Waals surface area contributed by atoms with Crippen LogP contribution >= 0.6 is 34.3 Å². The molecule has 1 aliphatic rings. The summed E-state index contributed by atoms with van der Waals surface area (Å²) in [6.45, 7) is 3.67. The smallest absolute Gasteiger partial charge is 0.413 e. The molecule has 3 heterocycles. The average Bonchev–Trinajstić information content (AvgIpc) is 3.42. The second-order valence-electron chi connectivity index (χ2n) is 6.75. The van der Waals surface area contributed by atoms with Crippen LogP contribution in [0.5, 0.6) is 0 Å². The van der Waals surface area contributed by atoms with Gasteiger partial charge in [0.25, 0.3) is 15.9 Å². The number of nitrogens with zero attached hydrogens (tertiary/aromatic N) is 1. The number of ether oxygens (including phenoxy) is 1. The number of amides is 3. The van der Waals surface area contributed by atoms with Gasteiger partial charge < -0.3 is 10.1 Å². The van der Waals surface area contributed by atoms with Crippen molar-refractivity contribution in [2.24, 2.45) is 0 Å². The molecule has 1 aliphatic heterocycles. The van der Waals surface area contributed by atoms with Crippen LogP contribution in [0, 0.1) is 13.8 Å². The molecule has 2 aromatic rings. The Bertz CT molecular complexity index is 1140. The minimum absolute atomic E-state index is 0.0677. The van der Waals surface area contributed by atoms with E-state index in [0.717, 1.165) is 27.6 Å². The predicted molar refractivity (Wildman–Crippen MR) is 119 cm³/mol. The minimum Gasteiger partial charge on any atom is -0.453 e. The summed E-state index contributed by atoms with van der Waals surface area (Å²) in [5.74, 6) is -1.26. The third-order valence-electron chi connectivity index (χ3n) is 4.87. The Hall–Kier alpha value is -1.99. The zero-order chi connectivity index (χ0) is 22.9. The number of rotatable bonds is 5. The Balaban J connectivity index is 1.85. The third-order valence-corrected chi connectivity index (χ3v) is 9.60. The Morgan fingerprint density at radius 2 is 1.94 bits per heavy atom. The van der Waals surface area contributed by atoms with Crippen LogP contribution in [0.25, 0.3) is 0 Å². The highest BCUT2D eigenvalue weighted by Crippen LogP contribution is 2.35. The predicted octanol–water partition coefficient (Wildman–Crippen LogP) is 3.37. The number of carbonyl (C=O) groups excluding carboxylic acids is 3. The maximum atomic E-state index is 13.0. The Morgan fingerprint density at radius 3 is 2.55 bits per heavy atom. The molecule has 13 heteroatoms. The maximum Gasteiger partial charge on any atom is 0.413 e. The third kappa shape index (κ3) is 4.77. The van der Waals surface area contributed by atoms with Crippen molar-refractivity contribution in [2.45, 2.75) is 36.9 Å². The number of hydrogen-bond acceptors (Lipinski definition) is 8. The van der Waals surface area contributed by atoms with Gasteiger partial charge in [-0.15, -0.1) is 22.7 Å². The molecule has 1 atom stereocenters. The molecule has 2 N–H and O–H groups in total. The zero-order valence-corrected chi connectivity index (χ0v) is 20.1. The van der Waals surface area contributed by atoms with Crippen LogP contribution in [0.1, 0.15) is 33.6 Å². The summed E-state index contributed by atoms with van der Waals surface area (Å²) in [4.78, 5) is 37.7. The van der Waals surface area contributed by atoms with E-state index in [1.54, 1.807) is 13.8 Å². The van der Waals surface area contributed by atoms with Crippen LogP contribution in [0.15, 0.2) is 16.3 Å². The molecule has 9 nitrogen and oxygen atoms in total. The van der Waals surface area contributed by atoms with Crippen LogP contribution in [0.4, 0.5) is 9.80 Å². The molecular weight excluding hydrogens is 486 g/mol. The molecule has 0 aromatic carbocycles. The molecule has 0 radical (unpaired) electrons. The molecule has 168 valence electrons. The molecule has 1 fully saturated rings. The molecule has 0 spiro atoms. The van der Waals surface area contributed by atoms with E-state index in [1.165, 1.54) is 23.5 Å². The molecule has 1 saturated heterocycles. The Morgan fingerprint density at radius 1 is 1.23 bits per heavy atom. The number of nitrogens with one attached hydrogen (secondary N) is 2. The van der Waals surface area contributed by atoms with Crippen molar-refractivity contribution in [3.05, 3.63) is 32.5 Å². The summed E-state index contributed by atoms with van der Waals surface area (Å²) in [6, 6.07) is 1.98. The van der Waals surface area contributed by atoms with Gasteiger partial charge >= 0.3 is 6.09 Å². The maximum absolute atomic E-state index is 13.0. The fourth-order valence-corrected chi connectivity index (χ4v) is 7.56. The normalized spacial score (nSPS) is 16.8. The molecule has 3 amide bonds. The van der Waals surface area contributed by atoms with Crippen molar-refractivity contribution in [2.75, 3.05) is 19.0 Å². The van der Waals surface area contributed by atoms with E-state index in [2.05, 4.69) is 15.4 Å². The van der Waals surface area contributed by atoms with Gasteiger partial charge in [0, 0.05) is 11.4 Å². The van der Waals surface area contributed by atoms with Gasteiger partial charge in [-0.3, -0.25) is 14.9 Å². The van der Waals surface area contributed by atoms with Gasteiger partial charge in [0.15, 0.2) is 0 Å². The zero-order valence-electron chi connectivity index (χ0n) is 16.9. The number of carbonyl (C=O) groups is 3. The number of aryl methyl sites for hydroxylation is 1. The van der Waals surface area contributed by atoms with E-state index in [1.807, 2.05) is 0 Å². The number of halogens is 1. The van der Waals surface area contributed by atoms with E-state index in [9.17, 15) is 22.8 Å². The van der Waals surface area contributed by atoms with E-state index >= 15 is 0 Å². The van der Waals surface area contributed by atoms with Gasteiger partial charge in [0.2, 0.25) is 5.91 Å². The Kier molecular flexibility index (Phi) is 7.06. The topological polar surface area (TPSA) is 122 Å². The first-order chi connectivity index (χ1) is 14.6. The van der Waals surface area contributed by atoms with Gasteiger partial charge in [0.05, 0.1) is 17.0 Å². The van der Waals surface area contributed by atoms with Crippen molar-refractivity contribution in [1.29, 1.82) is 0 Å². The van der Waals surface area contributed by atoms with E-state index < -0.39 is 34.0 Å². The van der Waals surface area contributed by atoms with E-state index in [0.29, 0.717) is 22.7 Å². The molecule has 2 aromatic heterocycles. The fourth-order valence-electron chi connectivity index (χ4n) is 3.23. The number of imide groups is 1. The standard InChI is InChI=1S/C18H20ClN3O6S3/c1-9-10(2)29-17(14(9)16(24)21-18(25)28-3)20-15(23)11-5-4-8-22(11)31(26,27)13-7-6-12(19)30-13/h6-7,11H,4-5,8H2,1-3H3,(H,20,23)(H,21,24,25). The molecule has 1 unspecified atom stereocenters. The Labute approximate surface area is 192 Å². The molecule has 0 aliphatic carbocycles. The monoisotopic (exact) mass is 505 g/mol. The summed E-state index contributed by atoms with van der Waals surface area (Å²) < 4.78 is 32.0. The summed E-state index contributed by atoms with van der Waals surface area (Å²) in [5.41, 5.74) is 0.740. The number of methoxy groups -OCH3 is 1. The largest absolute Gasteiger partial charge is 0.453 e. The number of alkyl carbamates (subject to hydrolysis) is 1. The lowest BCUT2D eigenvalue weighted by atomic mass is 10.1. The van der Waals surface area contributed by atoms with Gasteiger partial charge in [0.1, 0.15) is 15.3 Å². The summed E-state index contributed by atoms with van der Waals surface area (Å²) >= 11 is 7.98. The highest BCUT2D eigenvalue weighted by atomic mass is 35.5. The van der Waals surface area contributed by atoms with E-state index in [-0.39, 0.29) is 21.3 Å². The van der Waals surface area contributed by atoms with Crippen molar-refractivity contribution in [1.82, 2.24) is 9.62 Å². The SMILES string of the molecule is COC(=O)NC(=O)c1c(NC(=O)C2CCCN2S(=O)(=O)c2ccc(Cl)s2)sc(C)c1C. The highest BCUT2D eigenvalue weighted by Gasteiger charge is 2.40. The first-order valence-electron chi connectivity index (χ1n) is 9.13. The number of sulfonamides is 1. The second kappa shape index (κ2) is 9.25. The lowest BCUT2D eigenvalue weighted by molar-refractivity contribution is -0.119. The summed E-state index contributed by atoms with van der Waals surface area (Å²) in [5, 5.41) is 5.00. The van der Waals surface area contributed by atoms with Crippen molar-refractivity contribution < 1.29 is 27.5 Å². The lowest BCUT2D eigenvalue weighted by Crippen LogP contribution is -2.43. The number of hydrogen-bond donors (Lipinski definition) is 2. The molecule has 3 rings (SSSR count).